The van der Waals surface area contributed by atoms with Gasteiger partial charge in [-0.25, -0.2) is 4.79 Å². The van der Waals surface area contributed by atoms with Gasteiger partial charge in [0.1, 0.15) is 36.3 Å². The third kappa shape index (κ3) is 27.9. The zero-order valence-corrected chi connectivity index (χ0v) is 51.1. The van der Waals surface area contributed by atoms with E-state index < -0.39 is 96.4 Å². The van der Waals surface area contributed by atoms with E-state index in [2.05, 4.69) is 74.1 Å². The van der Waals surface area contributed by atoms with Gasteiger partial charge in [-0.05, 0) is 84.5 Å². The summed E-state index contributed by atoms with van der Waals surface area (Å²) in [6, 6.07) is -9.57. The number of nitrogens with one attached hydrogen (secondary N) is 14. The number of aliphatic hydroxyl groups excluding tert-OH is 2. The van der Waals surface area contributed by atoms with E-state index in [9.17, 15) is 53.4 Å². The second-order valence-electron chi connectivity index (χ2n) is 21.7. The Bertz CT molecular complexity index is 2430. The Morgan fingerprint density at radius 1 is 0.693 bits per heavy atom. The average Bonchev–Trinajstić information content (AvgIpc) is 2.07. The van der Waals surface area contributed by atoms with Gasteiger partial charge in [0.2, 0.25) is 47.3 Å². The Balaban J connectivity index is 1.28. The summed E-state index contributed by atoms with van der Waals surface area (Å²) >= 11 is 1.87. The molecule has 4 rings (SSSR count). The normalized spacial score (nSPS) is 24.7. The van der Waals surface area contributed by atoms with Crippen molar-refractivity contribution in [2.24, 2.45) is 17.2 Å². The summed E-state index contributed by atoms with van der Waals surface area (Å²) in [5.74, 6) is -5.76. The standard InChI is InChI=1S/C53H94N20O14S/c1-31-44(77)69-42(32(2)75)50(83)67-38(29-74)49(82)65-35(46(79)60-19-10-22-86-24-26-87-25-23-85-21-9-18-59-41(76)15-4-3-14-40-43-39(30-88-40)68-53(84)70-43)11-5-6-20-73-28-33(71-72-73)27-34(54)45(78)64-37(13-8-17-62-52(57)58)48(81)66-36(47(80)63-31)12-7-16-61-51(55)56/h28,31-32,34-40,42-43,74-75H,3-27,29-30,54H2,1-2H3,(H,59,76)(H,60,79)(H,63,80)(H,64,78)(H,65,82)(H,66,81)(H,67,83)(H,69,77)(H4,55,56,61)(H4,57,58,62)(H2,68,70,84)/t31-,32?,34-,35-,36-,37-,38-,39+,40+,42-,43+/m0/s1. The number of carbonyl (C=O) groups is 9. The molecule has 4 heterocycles. The van der Waals surface area contributed by atoms with Gasteiger partial charge in [0.15, 0.2) is 11.9 Å². The predicted molar refractivity (Wildman–Crippen MR) is 322 cm³/mol. The molecule has 10 amide bonds. The van der Waals surface area contributed by atoms with Crippen molar-refractivity contribution in [1.29, 1.82) is 10.8 Å². The Labute approximate surface area is 515 Å². The quantitative estimate of drug-likeness (QED) is 0.0148. The van der Waals surface area contributed by atoms with Crippen molar-refractivity contribution in [2.75, 3.05) is 78.2 Å². The predicted octanol–water partition coefficient (Wildman–Crippen LogP) is -6.05. The fraction of sp³-hybridized carbons (Fsp3) is 0.755. The third-order valence-electron chi connectivity index (χ3n) is 14.4. The van der Waals surface area contributed by atoms with E-state index in [1.54, 1.807) is 6.20 Å². The van der Waals surface area contributed by atoms with Crippen molar-refractivity contribution in [3.8, 4) is 0 Å². The second kappa shape index (κ2) is 40.4. The molecule has 2 bridgehead atoms. The Morgan fingerprint density at radius 2 is 1.27 bits per heavy atom. The van der Waals surface area contributed by atoms with Crippen LogP contribution in [0, 0.1) is 10.8 Å². The number of unbranched alkanes of at least 4 members (excludes halogenated alkanes) is 1. The highest BCUT2D eigenvalue weighted by Gasteiger charge is 2.42. The van der Waals surface area contributed by atoms with E-state index in [0.29, 0.717) is 76.0 Å². The Kier molecular flexibility index (Phi) is 33.6. The Morgan fingerprint density at radius 3 is 1.90 bits per heavy atom. The molecule has 0 aromatic carbocycles. The molecule has 1 aromatic rings. The molecule has 34 nitrogen and oxygen atoms in total. The summed E-state index contributed by atoms with van der Waals surface area (Å²) in [5, 5.41) is 76.4. The highest BCUT2D eigenvalue weighted by molar-refractivity contribution is 8.00. The highest BCUT2D eigenvalue weighted by atomic mass is 32.2. The molecule has 0 radical (unpaired) electrons. The lowest BCUT2D eigenvalue weighted by Crippen LogP contribution is -2.61. The maximum Gasteiger partial charge on any atom is 0.315 e. The van der Waals surface area contributed by atoms with Gasteiger partial charge in [-0.1, -0.05) is 11.6 Å². The van der Waals surface area contributed by atoms with E-state index in [1.165, 1.54) is 18.5 Å². The van der Waals surface area contributed by atoms with Crippen LogP contribution in [0.25, 0.3) is 0 Å². The van der Waals surface area contributed by atoms with Gasteiger partial charge >= 0.3 is 6.03 Å². The molecule has 11 atom stereocenters. The number of rotatable bonds is 30. The van der Waals surface area contributed by atoms with Crippen LogP contribution in [0.15, 0.2) is 6.20 Å². The van der Waals surface area contributed by atoms with Gasteiger partial charge in [0.25, 0.3) is 0 Å². The first-order valence-electron chi connectivity index (χ1n) is 30.0. The van der Waals surface area contributed by atoms with E-state index in [-0.39, 0.29) is 114 Å². The van der Waals surface area contributed by atoms with Gasteiger partial charge in [-0.3, -0.25) is 53.9 Å². The van der Waals surface area contributed by atoms with Crippen molar-refractivity contribution in [3.63, 3.8) is 0 Å². The molecule has 3 aliphatic heterocycles. The van der Waals surface area contributed by atoms with Crippen LogP contribution in [-0.4, -0.2) is 234 Å². The number of aliphatic hydroxyl groups is 2. The summed E-state index contributed by atoms with van der Waals surface area (Å²) in [6.45, 7) is 4.70. The number of hydrogen-bond acceptors (Lipinski definition) is 20. The molecular weight excluding hydrogens is 1170 g/mol. The van der Waals surface area contributed by atoms with Crippen LogP contribution in [0.5, 0.6) is 0 Å². The van der Waals surface area contributed by atoms with Gasteiger partial charge in [0, 0.05) is 76.0 Å². The molecule has 3 aliphatic rings. The van der Waals surface area contributed by atoms with Crippen LogP contribution in [0.1, 0.15) is 103 Å². The molecule has 2 saturated heterocycles. The molecule has 88 heavy (non-hydrogen) atoms. The number of fused-ring (bicyclic) bond motifs is 3. The van der Waals surface area contributed by atoms with Crippen LogP contribution in [0.2, 0.25) is 0 Å². The number of urea groups is 1. The number of guanidine groups is 2. The summed E-state index contributed by atoms with van der Waals surface area (Å²) in [5.41, 5.74) is 17.5. The van der Waals surface area contributed by atoms with Gasteiger partial charge in [-0.2, -0.15) is 11.8 Å². The maximum absolute atomic E-state index is 13.9. The summed E-state index contributed by atoms with van der Waals surface area (Å²) < 4.78 is 18.4. The van der Waals surface area contributed by atoms with Crippen LogP contribution in [-0.2, 0) is 65.5 Å². The molecule has 1 aromatic heterocycles. The van der Waals surface area contributed by atoms with Crippen molar-refractivity contribution in [3.05, 3.63) is 11.9 Å². The zero-order valence-electron chi connectivity index (χ0n) is 50.3. The number of ether oxygens (including phenoxy) is 3. The molecule has 0 spiro atoms. The highest BCUT2D eigenvalue weighted by Crippen LogP contribution is 2.33. The van der Waals surface area contributed by atoms with Crippen LogP contribution < -0.4 is 81.0 Å². The molecule has 1 unspecified atom stereocenters. The van der Waals surface area contributed by atoms with E-state index in [0.717, 1.165) is 25.0 Å². The zero-order chi connectivity index (χ0) is 64.4. The van der Waals surface area contributed by atoms with Crippen molar-refractivity contribution in [2.45, 2.75) is 176 Å². The molecule has 496 valence electrons. The van der Waals surface area contributed by atoms with Crippen molar-refractivity contribution in [1.82, 2.24) is 78.8 Å². The molecular formula is C53H94N20O14S. The van der Waals surface area contributed by atoms with Gasteiger partial charge in [-0.15, -0.1) is 5.10 Å². The largest absolute Gasteiger partial charge is 0.394 e. The second-order valence-corrected chi connectivity index (χ2v) is 23.0. The SMILES string of the molecule is CC(O)[C@@H]1NC(=O)[C@H](C)NC(=O)[C@H](CCCNC(=N)N)NC(=O)[C@H](CCCNC(=N)N)NC(=O)[C@@H](N)Cc2cn(nn2)CCCC[C@@H](C(=O)NCCCOCCOCCOCCCNC(=O)CCCC[C@H]2SC[C@H]3NC(=O)N[C@H]32)NC(=O)[C@H](CO)NC1=O. The number of nitrogens with two attached hydrogens (primary N) is 3. The summed E-state index contributed by atoms with van der Waals surface area (Å²) in [4.78, 5) is 120. The molecule has 2 fully saturated rings. The maximum atomic E-state index is 13.9. The first-order valence-corrected chi connectivity index (χ1v) is 31.1. The van der Waals surface area contributed by atoms with E-state index >= 15 is 0 Å². The lowest BCUT2D eigenvalue weighted by atomic mass is 10.0. The summed E-state index contributed by atoms with van der Waals surface area (Å²) in [6.07, 6.45) is 5.23. The molecule has 22 N–H and O–H groups in total. The topological polar surface area (TPSA) is 523 Å². The number of nitrogens with zero attached hydrogens (tertiary/aromatic N) is 3. The molecule has 0 aliphatic carbocycles. The fourth-order valence-electron chi connectivity index (χ4n) is 9.50. The lowest BCUT2D eigenvalue weighted by molar-refractivity contribution is -0.137. The molecule has 0 saturated carbocycles. The number of hydrogen-bond donors (Lipinski definition) is 19. The number of carbonyl (C=O) groups excluding carboxylic acids is 9. The third-order valence-corrected chi connectivity index (χ3v) is 15.9. The average molecular weight is 1270 g/mol. The minimum absolute atomic E-state index is 0.00594. The smallest absolute Gasteiger partial charge is 0.315 e. The minimum Gasteiger partial charge on any atom is -0.394 e. The summed E-state index contributed by atoms with van der Waals surface area (Å²) in [7, 11) is 0. The number of aryl methyl sites for hydroxylation is 1. The van der Waals surface area contributed by atoms with Crippen LogP contribution in [0.4, 0.5) is 4.79 Å². The monoisotopic (exact) mass is 1270 g/mol. The van der Waals surface area contributed by atoms with Crippen LogP contribution >= 0.6 is 11.8 Å². The van der Waals surface area contributed by atoms with Crippen molar-refractivity contribution < 1.29 is 67.6 Å². The van der Waals surface area contributed by atoms with Crippen molar-refractivity contribution >= 4 is 77.0 Å². The van der Waals surface area contributed by atoms with Gasteiger partial charge < -0.3 is 105 Å². The lowest BCUT2D eigenvalue weighted by Gasteiger charge is -2.27. The number of thioether (sulfide) groups is 1. The van der Waals surface area contributed by atoms with E-state index in [4.69, 9.17) is 42.2 Å². The van der Waals surface area contributed by atoms with Crippen LogP contribution in [0.3, 0.4) is 0 Å². The molecule has 35 heteroatoms. The first-order chi connectivity index (χ1) is 42.1. The minimum atomic E-state index is -1.74. The number of amides is 10. The van der Waals surface area contributed by atoms with Gasteiger partial charge in [0.05, 0.1) is 63.0 Å². The first kappa shape index (κ1) is 73.3. The Hall–Kier alpha value is -7.18. The van der Waals surface area contributed by atoms with E-state index in [1.807, 2.05) is 11.8 Å². The number of aromatic nitrogens is 3. The fourth-order valence-corrected chi connectivity index (χ4v) is 11.0.